The summed E-state index contributed by atoms with van der Waals surface area (Å²) in [5.41, 5.74) is 1.98. The third-order valence-corrected chi connectivity index (χ3v) is 3.65. The summed E-state index contributed by atoms with van der Waals surface area (Å²) in [6, 6.07) is 3.92. The molecule has 0 aliphatic carbocycles. The Balaban J connectivity index is 2.03. The fourth-order valence-electron chi connectivity index (χ4n) is 2.32. The highest BCUT2D eigenvalue weighted by Gasteiger charge is 2.31. The van der Waals surface area contributed by atoms with E-state index in [0.717, 1.165) is 17.9 Å². The molecule has 1 aromatic rings. The number of anilines is 1. The predicted molar refractivity (Wildman–Crippen MR) is 72.1 cm³/mol. The van der Waals surface area contributed by atoms with Gasteiger partial charge in [-0.2, -0.15) is 0 Å². The van der Waals surface area contributed by atoms with Crippen molar-refractivity contribution in [3.63, 3.8) is 0 Å². The van der Waals surface area contributed by atoms with Crippen LogP contribution >= 0.6 is 0 Å². The van der Waals surface area contributed by atoms with Crippen LogP contribution in [0.2, 0.25) is 0 Å². The summed E-state index contributed by atoms with van der Waals surface area (Å²) < 4.78 is 0. The van der Waals surface area contributed by atoms with Gasteiger partial charge in [0.25, 0.3) is 0 Å². The van der Waals surface area contributed by atoms with Crippen LogP contribution in [0.25, 0.3) is 0 Å². The lowest BCUT2D eigenvalue weighted by Crippen LogP contribution is -2.25. The quantitative estimate of drug-likeness (QED) is 0.886. The van der Waals surface area contributed by atoms with E-state index in [4.69, 9.17) is 0 Å². The number of pyridine rings is 1. The largest absolute Gasteiger partial charge is 0.388 e. The maximum absolute atomic E-state index is 11.9. The molecular weight excluding hydrogens is 226 g/mol. The molecule has 1 aliphatic rings. The number of nitrogens with zero attached hydrogens (tertiary/aromatic N) is 2. The van der Waals surface area contributed by atoms with E-state index in [2.05, 4.69) is 24.1 Å². The van der Waals surface area contributed by atoms with E-state index in [9.17, 15) is 4.79 Å². The van der Waals surface area contributed by atoms with Gasteiger partial charge in [0.2, 0.25) is 5.91 Å². The molecule has 1 fully saturated rings. The molecule has 1 unspecified atom stereocenters. The zero-order chi connectivity index (χ0) is 13.1. The monoisotopic (exact) mass is 247 g/mol. The van der Waals surface area contributed by atoms with Crippen molar-refractivity contribution in [1.29, 1.82) is 0 Å². The number of rotatable bonds is 4. The van der Waals surface area contributed by atoms with Crippen molar-refractivity contribution in [2.24, 2.45) is 11.8 Å². The van der Waals surface area contributed by atoms with E-state index >= 15 is 0 Å². The molecule has 1 saturated heterocycles. The molecule has 4 nitrogen and oxygen atoms in total. The second-order valence-electron chi connectivity index (χ2n) is 5.27. The molecule has 2 rings (SSSR count). The van der Waals surface area contributed by atoms with E-state index in [0.29, 0.717) is 24.8 Å². The van der Waals surface area contributed by atoms with E-state index < -0.39 is 0 Å². The molecule has 4 heteroatoms. The van der Waals surface area contributed by atoms with Crippen molar-refractivity contribution in [3.05, 3.63) is 24.0 Å². The standard InChI is InChI=1S/C14H21N3O/c1-10(2)11-6-14(18)17(8-11)9-13-7-12(15-3)4-5-16-13/h4-5,7,10-11H,6,8-9H2,1-3H3,(H,15,16). The van der Waals surface area contributed by atoms with Gasteiger partial charge in [0.15, 0.2) is 0 Å². The molecule has 0 bridgehead atoms. The van der Waals surface area contributed by atoms with Gasteiger partial charge in [-0.15, -0.1) is 0 Å². The van der Waals surface area contributed by atoms with Gasteiger partial charge >= 0.3 is 0 Å². The summed E-state index contributed by atoms with van der Waals surface area (Å²) in [5.74, 6) is 1.31. The third kappa shape index (κ3) is 2.81. The summed E-state index contributed by atoms with van der Waals surface area (Å²) in [4.78, 5) is 18.2. The Hall–Kier alpha value is -1.58. The Labute approximate surface area is 108 Å². The van der Waals surface area contributed by atoms with Crippen LogP contribution < -0.4 is 5.32 Å². The first-order valence-electron chi connectivity index (χ1n) is 6.50. The molecule has 2 heterocycles. The predicted octanol–water partition coefficient (Wildman–Crippen LogP) is 2.13. The lowest BCUT2D eigenvalue weighted by molar-refractivity contribution is -0.128. The molecule has 1 N–H and O–H groups in total. The highest BCUT2D eigenvalue weighted by Crippen LogP contribution is 2.26. The van der Waals surface area contributed by atoms with E-state index in [1.165, 1.54) is 0 Å². The fourth-order valence-corrected chi connectivity index (χ4v) is 2.32. The Kier molecular flexibility index (Phi) is 3.84. The van der Waals surface area contributed by atoms with Crippen LogP contribution in [0.3, 0.4) is 0 Å². The maximum atomic E-state index is 11.9. The Morgan fingerprint density at radius 3 is 2.94 bits per heavy atom. The van der Waals surface area contributed by atoms with Gasteiger partial charge in [0, 0.05) is 31.9 Å². The molecule has 0 spiro atoms. The number of amides is 1. The first-order valence-corrected chi connectivity index (χ1v) is 6.50. The van der Waals surface area contributed by atoms with Crippen molar-refractivity contribution >= 4 is 11.6 Å². The molecule has 18 heavy (non-hydrogen) atoms. The van der Waals surface area contributed by atoms with Gasteiger partial charge in [-0.05, 0) is 24.0 Å². The van der Waals surface area contributed by atoms with Gasteiger partial charge in [-0.3, -0.25) is 9.78 Å². The molecular formula is C14H21N3O. The molecule has 1 aromatic heterocycles. The number of hydrogen-bond donors (Lipinski definition) is 1. The highest BCUT2D eigenvalue weighted by atomic mass is 16.2. The number of nitrogens with one attached hydrogen (secondary N) is 1. The van der Waals surface area contributed by atoms with E-state index in [1.54, 1.807) is 6.20 Å². The second kappa shape index (κ2) is 5.38. The van der Waals surface area contributed by atoms with Crippen LogP contribution in [0.5, 0.6) is 0 Å². The SMILES string of the molecule is CNc1ccnc(CN2CC(C(C)C)CC2=O)c1. The molecule has 1 aliphatic heterocycles. The molecule has 98 valence electrons. The van der Waals surface area contributed by atoms with Gasteiger partial charge in [-0.25, -0.2) is 0 Å². The number of likely N-dealkylation sites (tertiary alicyclic amines) is 1. The van der Waals surface area contributed by atoms with Crippen LogP contribution in [-0.2, 0) is 11.3 Å². The summed E-state index contributed by atoms with van der Waals surface area (Å²) in [7, 11) is 1.88. The van der Waals surface area contributed by atoms with Crippen molar-refractivity contribution in [1.82, 2.24) is 9.88 Å². The number of carbonyl (C=O) groups excluding carboxylic acids is 1. The number of carbonyl (C=O) groups is 1. The van der Waals surface area contributed by atoms with Crippen LogP contribution in [0.1, 0.15) is 26.0 Å². The first-order chi connectivity index (χ1) is 8.60. The van der Waals surface area contributed by atoms with Crippen LogP contribution in [0.15, 0.2) is 18.3 Å². The Morgan fingerprint density at radius 1 is 1.56 bits per heavy atom. The fraction of sp³-hybridized carbons (Fsp3) is 0.571. The third-order valence-electron chi connectivity index (χ3n) is 3.65. The number of hydrogen-bond acceptors (Lipinski definition) is 3. The smallest absolute Gasteiger partial charge is 0.223 e. The minimum Gasteiger partial charge on any atom is -0.388 e. The topological polar surface area (TPSA) is 45.2 Å². The minimum atomic E-state index is 0.255. The highest BCUT2D eigenvalue weighted by molar-refractivity contribution is 5.78. The van der Waals surface area contributed by atoms with E-state index in [1.807, 2.05) is 24.1 Å². The average molecular weight is 247 g/mol. The summed E-state index contributed by atoms with van der Waals surface area (Å²) >= 11 is 0. The molecule has 0 radical (unpaired) electrons. The van der Waals surface area contributed by atoms with Crippen molar-refractivity contribution in [2.45, 2.75) is 26.8 Å². The van der Waals surface area contributed by atoms with E-state index in [-0.39, 0.29) is 5.91 Å². The maximum Gasteiger partial charge on any atom is 0.223 e. The van der Waals surface area contributed by atoms with Gasteiger partial charge in [0.05, 0.1) is 12.2 Å². The van der Waals surface area contributed by atoms with Crippen molar-refractivity contribution in [2.75, 3.05) is 18.9 Å². The molecule has 0 aromatic carbocycles. The van der Waals surface area contributed by atoms with Crippen LogP contribution in [0, 0.1) is 11.8 Å². The summed E-state index contributed by atoms with van der Waals surface area (Å²) in [6.45, 7) is 5.85. The Morgan fingerprint density at radius 2 is 2.33 bits per heavy atom. The van der Waals surface area contributed by atoms with Gasteiger partial charge in [0.1, 0.15) is 0 Å². The van der Waals surface area contributed by atoms with Gasteiger partial charge < -0.3 is 10.2 Å². The zero-order valence-electron chi connectivity index (χ0n) is 11.3. The summed E-state index contributed by atoms with van der Waals surface area (Å²) in [5, 5.41) is 3.09. The summed E-state index contributed by atoms with van der Waals surface area (Å²) in [6.07, 6.45) is 2.46. The van der Waals surface area contributed by atoms with Gasteiger partial charge in [-0.1, -0.05) is 13.8 Å². The zero-order valence-corrected chi connectivity index (χ0v) is 11.3. The molecule has 0 saturated carbocycles. The van der Waals surface area contributed by atoms with Crippen LogP contribution in [-0.4, -0.2) is 29.4 Å². The molecule has 1 amide bonds. The van der Waals surface area contributed by atoms with Crippen molar-refractivity contribution in [3.8, 4) is 0 Å². The Bertz CT molecular complexity index is 431. The minimum absolute atomic E-state index is 0.255. The number of aromatic nitrogens is 1. The normalized spacial score (nSPS) is 19.7. The first kappa shape index (κ1) is 12.9. The van der Waals surface area contributed by atoms with Crippen LogP contribution in [0.4, 0.5) is 5.69 Å². The second-order valence-corrected chi connectivity index (χ2v) is 5.27. The lowest BCUT2D eigenvalue weighted by Gasteiger charge is -2.18. The lowest BCUT2D eigenvalue weighted by atomic mass is 9.95. The molecule has 1 atom stereocenters. The van der Waals surface area contributed by atoms with Crippen molar-refractivity contribution < 1.29 is 4.79 Å². The average Bonchev–Trinajstić information content (AvgIpc) is 2.71.